The van der Waals surface area contributed by atoms with Crippen LogP contribution in [0.1, 0.15) is 27.9 Å². The van der Waals surface area contributed by atoms with Gasteiger partial charge in [0.1, 0.15) is 11.5 Å². The average molecular weight is 550 g/mol. The Morgan fingerprint density at radius 3 is 2.42 bits per heavy atom. The number of carbonyl (C=O) groups is 5. The van der Waals surface area contributed by atoms with E-state index >= 15 is 0 Å². The van der Waals surface area contributed by atoms with E-state index in [1.807, 2.05) is 6.07 Å². The van der Waals surface area contributed by atoms with Gasteiger partial charge in [-0.05, 0) is 67.7 Å². The van der Waals surface area contributed by atoms with Crippen molar-refractivity contribution in [2.24, 2.45) is 35.1 Å². The number of hydrogen-bond acceptors (Lipinski definition) is 10. The highest BCUT2D eigenvalue weighted by atomic mass is 16.5. The molecule has 11 heteroatoms. The largest absolute Gasteiger partial charge is 0.507 e. The molecule has 2 aromatic carbocycles. The van der Waals surface area contributed by atoms with Crippen LogP contribution in [0.25, 0.3) is 11.1 Å². The summed E-state index contributed by atoms with van der Waals surface area (Å²) in [6, 6.07) is 7.27. The van der Waals surface area contributed by atoms with Crippen LogP contribution in [0.3, 0.4) is 0 Å². The third kappa shape index (κ3) is 3.72. The van der Waals surface area contributed by atoms with Gasteiger partial charge in [0, 0.05) is 18.0 Å². The SMILES string of the molecule is COc1ccc(-c2ccc(O)c3c2C[C@@H]2C[C@@H]4[C@@H](N(C)C)C(=O)C(C(N)=O)C(=O)[C@]4(O)C(=O)C2C3=O)cc1CN. The number of phenolic OH excluding ortho intramolecular Hbond substituents is 1. The first-order valence-electron chi connectivity index (χ1n) is 12.9. The Kier molecular flexibility index (Phi) is 6.64. The highest BCUT2D eigenvalue weighted by Crippen LogP contribution is 2.51. The van der Waals surface area contributed by atoms with Crippen LogP contribution in [0.5, 0.6) is 11.5 Å². The summed E-state index contributed by atoms with van der Waals surface area (Å²) in [5.41, 5.74) is 11.1. The summed E-state index contributed by atoms with van der Waals surface area (Å²) < 4.78 is 5.36. The van der Waals surface area contributed by atoms with Crippen LogP contribution in [0.2, 0.25) is 0 Å². The topological polar surface area (TPSA) is 190 Å². The molecule has 0 spiro atoms. The standard InChI is InChI=1S/C29H31N3O8/c1-32(2)23-17-10-13-9-16-15(12-4-7-19(40-3)14(8-12)11-30)5-6-18(33)21(16)24(34)20(13)26(36)29(17,39)27(37)22(25(23)35)28(31)38/h4-8,13,17,20,22-23,33,39H,9-11,30H2,1-3H3,(H2,31,38)/t13-,17-,20?,22?,23-,29-/m1/s1. The van der Waals surface area contributed by atoms with Crippen LogP contribution in [0.15, 0.2) is 30.3 Å². The van der Waals surface area contributed by atoms with Gasteiger partial charge in [-0.3, -0.25) is 28.9 Å². The number of likely N-dealkylation sites (N-methyl/N-ethyl adjacent to an activating group) is 1. The number of nitrogens with zero attached hydrogens (tertiary/aromatic N) is 1. The second kappa shape index (κ2) is 9.61. The van der Waals surface area contributed by atoms with E-state index in [4.69, 9.17) is 16.2 Å². The van der Waals surface area contributed by atoms with Crippen LogP contribution in [0.4, 0.5) is 0 Å². The number of ether oxygens (including phenoxy) is 1. The zero-order valence-electron chi connectivity index (χ0n) is 22.3. The summed E-state index contributed by atoms with van der Waals surface area (Å²) in [7, 11) is 4.62. The number of ketones is 4. The van der Waals surface area contributed by atoms with Crippen LogP contribution in [-0.2, 0) is 32.1 Å². The zero-order valence-corrected chi connectivity index (χ0v) is 22.3. The third-order valence-corrected chi connectivity index (χ3v) is 8.76. The molecule has 0 heterocycles. The number of carbonyl (C=O) groups excluding carboxylic acids is 5. The molecule has 2 aromatic rings. The summed E-state index contributed by atoms with van der Waals surface area (Å²) in [6.07, 6.45) is 0.148. The van der Waals surface area contributed by atoms with E-state index in [1.54, 1.807) is 32.3 Å². The van der Waals surface area contributed by atoms with Crippen molar-refractivity contribution in [3.05, 3.63) is 47.0 Å². The molecule has 6 atom stereocenters. The molecular formula is C29H31N3O8. The Morgan fingerprint density at radius 2 is 1.82 bits per heavy atom. The molecule has 40 heavy (non-hydrogen) atoms. The van der Waals surface area contributed by atoms with Gasteiger partial charge in [0.25, 0.3) is 0 Å². The second-order valence-corrected chi connectivity index (χ2v) is 11.0. The first-order chi connectivity index (χ1) is 18.9. The monoisotopic (exact) mass is 549 g/mol. The summed E-state index contributed by atoms with van der Waals surface area (Å²) in [5, 5.41) is 22.4. The molecular weight excluding hydrogens is 518 g/mol. The highest BCUT2D eigenvalue weighted by molar-refractivity contribution is 6.32. The molecule has 0 bridgehead atoms. The van der Waals surface area contributed by atoms with Crippen molar-refractivity contribution in [3.8, 4) is 22.6 Å². The van der Waals surface area contributed by atoms with E-state index in [0.717, 1.165) is 11.1 Å². The van der Waals surface area contributed by atoms with Crippen LogP contribution >= 0.6 is 0 Å². The van der Waals surface area contributed by atoms with E-state index < -0.39 is 64.4 Å². The normalized spacial score (nSPS) is 29.6. The molecule has 11 nitrogen and oxygen atoms in total. The summed E-state index contributed by atoms with van der Waals surface area (Å²) in [4.78, 5) is 68.0. The van der Waals surface area contributed by atoms with Gasteiger partial charge in [-0.1, -0.05) is 12.1 Å². The average Bonchev–Trinajstić information content (AvgIpc) is 2.90. The lowest BCUT2D eigenvalue weighted by Gasteiger charge is -2.52. The van der Waals surface area contributed by atoms with E-state index in [0.29, 0.717) is 16.9 Å². The van der Waals surface area contributed by atoms with Gasteiger partial charge in [-0.2, -0.15) is 0 Å². The van der Waals surface area contributed by atoms with E-state index in [2.05, 4.69) is 0 Å². The Hall–Kier alpha value is -3.93. The number of aromatic hydroxyl groups is 1. The summed E-state index contributed by atoms with van der Waals surface area (Å²) >= 11 is 0. The van der Waals surface area contributed by atoms with E-state index in [1.165, 1.54) is 18.1 Å². The van der Waals surface area contributed by atoms with Gasteiger partial charge in [0.15, 0.2) is 34.7 Å². The van der Waals surface area contributed by atoms with Crippen LogP contribution in [-0.4, -0.2) is 77.0 Å². The maximum atomic E-state index is 13.9. The molecule has 2 unspecified atom stereocenters. The lowest BCUT2D eigenvalue weighted by atomic mass is 9.52. The summed E-state index contributed by atoms with van der Waals surface area (Å²) in [5.74, 6) is -10.2. The summed E-state index contributed by atoms with van der Waals surface area (Å²) in [6.45, 7) is 0.204. The molecule has 6 N–H and O–H groups in total. The molecule has 0 saturated heterocycles. The van der Waals surface area contributed by atoms with Crippen molar-refractivity contribution < 1.29 is 38.9 Å². The predicted octanol–water partition coefficient (Wildman–Crippen LogP) is 0.00130. The number of nitrogens with two attached hydrogens (primary N) is 2. The number of primary amides is 1. The molecule has 0 aromatic heterocycles. The van der Waals surface area contributed by atoms with Gasteiger partial charge in [0.05, 0.1) is 24.6 Å². The van der Waals surface area contributed by atoms with Crippen molar-refractivity contribution >= 4 is 29.0 Å². The lowest BCUT2D eigenvalue weighted by Crippen LogP contribution is -2.74. The molecule has 0 radical (unpaired) electrons. The smallest absolute Gasteiger partial charge is 0.235 e. The van der Waals surface area contributed by atoms with E-state index in [-0.39, 0.29) is 30.7 Å². The Balaban J connectivity index is 1.65. The van der Waals surface area contributed by atoms with Gasteiger partial charge in [0.2, 0.25) is 5.91 Å². The molecule has 210 valence electrons. The van der Waals surface area contributed by atoms with Crippen molar-refractivity contribution in [1.29, 1.82) is 0 Å². The maximum Gasteiger partial charge on any atom is 0.235 e. The Morgan fingerprint density at radius 1 is 1.12 bits per heavy atom. The molecule has 2 saturated carbocycles. The third-order valence-electron chi connectivity index (χ3n) is 8.76. The second-order valence-electron chi connectivity index (χ2n) is 11.0. The van der Waals surface area contributed by atoms with Crippen molar-refractivity contribution in [2.75, 3.05) is 21.2 Å². The maximum absolute atomic E-state index is 13.9. The molecule has 5 rings (SSSR count). The van der Waals surface area contributed by atoms with Crippen molar-refractivity contribution in [2.45, 2.75) is 31.0 Å². The number of fused-ring (bicyclic) bond motifs is 3. The molecule has 3 aliphatic rings. The number of aliphatic hydroxyl groups is 1. The Labute approximate surface area is 230 Å². The van der Waals surface area contributed by atoms with Gasteiger partial charge >= 0.3 is 0 Å². The number of amides is 1. The number of hydrogen-bond donors (Lipinski definition) is 4. The molecule has 0 aliphatic heterocycles. The number of Topliss-reactive ketones (excluding diaryl/α,β-unsaturated/α-hetero) is 4. The quantitative estimate of drug-likeness (QED) is 0.369. The minimum atomic E-state index is -2.75. The fourth-order valence-electron chi connectivity index (χ4n) is 6.98. The first kappa shape index (κ1) is 27.6. The molecule has 1 amide bonds. The van der Waals surface area contributed by atoms with Crippen molar-refractivity contribution in [1.82, 2.24) is 4.90 Å². The lowest BCUT2D eigenvalue weighted by molar-refractivity contribution is -0.181. The molecule has 2 fully saturated rings. The van der Waals surface area contributed by atoms with Crippen molar-refractivity contribution in [3.63, 3.8) is 0 Å². The van der Waals surface area contributed by atoms with E-state index in [9.17, 15) is 34.2 Å². The van der Waals surface area contributed by atoms with Gasteiger partial charge in [-0.15, -0.1) is 0 Å². The highest BCUT2D eigenvalue weighted by Gasteiger charge is 2.69. The first-order valence-corrected chi connectivity index (χ1v) is 12.9. The predicted molar refractivity (Wildman–Crippen MR) is 141 cm³/mol. The fraction of sp³-hybridized carbons (Fsp3) is 0.414. The van der Waals surface area contributed by atoms with Crippen LogP contribution < -0.4 is 16.2 Å². The fourth-order valence-corrected chi connectivity index (χ4v) is 6.98. The number of phenols is 1. The number of methoxy groups -OCH3 is 1. The van der Waals surface area contributed by atoms with Gasteiger partial charge < -0.3 is 26.4 Å². The minimum absolute atomic E-state index is 0.0182. The number of benzene rings is 2. The minimum Gasteiger partial charge on any atom is -0.507 e. The number of rotatable bonds is 5. The Bertz CT molecular complexity index is 1480. The van der Waals surface area contributed by atoms with Gasteiger partial charge in [-0.25, -0.2) is 0 Å². The zero-order chi connectivity index (χ0) is 29.3. The molecule has 3 aliphatic carbocycles. The van der Waals surface area contributed by atoms with Crippen LogP contribution in [0, 0.1) is 23.7 Å².